The summed E-state index contributed by atoms with van der Waals surface area (Å²) in [4.78, 5) is 23.0. The van der Waals surface area contributed by atoms with Gasteiger partial charge in [-0.15, -0.1) is 5.10 Å². The number of nitrogens with one attached hydrogen (secondary N) is 2. The zero-order valence-corrected chi connectivity index (χ0v) is 14.7. The third kappa shape index (κ3) is 5.74. The second-order valence-electron chi connectivity index (χ2n) is 5.19. The molecule has 9 heteroatoms. The molecule has 1 unspecified atom stereocenters. The molecule has 0 aliphatic rings. The first-order valence-electron chi connectivity index (χ1n) is 7.32. The molecule has 1 aromatic carbocycles. The number of rotatable bonds is 8. The summed E-state index contributed by atoms with van der Waals surface area (Å²) in [7, 11) is 0. The van der Waals surface area contributed by atoms with Crippen LogP contribution in [-0.2, 0) is 16.1 Å². The highest BCUT2D eigenvalue weighted by atomic mass is 32.1. The summed E-state index contributed by atoms with van der Waals surface area (Å²) in [6, 6.07) is 9.40. The van der Waals surface area contributed by atoms with Crippen molar-refractivity contribution in [3.63, 3.8) is 0 Å². The van der Waals surface area contributed by atoms with Crippen molar-refractivity contribution in [2.24, 2.45) is 5.92 Å². The zero-order valence-electron chi connectivity index (χ0n) is 13.1. The molecule has 0 fully saturated rings. The third-order valence-electron chi connectivity index (χ3n) is 3.09. The number of ether oxygens (including phenoxy) is 1. The van der Waals surface area contributed by atoms with Crippen molar-refractivity contribution in [3.05, 3.63) is 39.8 Å². The van der Waals surface area contributed by atoms with Crippen LogP contribution in [-0.4, -0.2) is 34.1 Å². The fraction of sp³-hybridized carbons (Fsp3) is 0.333. The van der Waals surface area contributed by atoms with E-state index in [2.05, 4.69) is 15.6 Å². The van der Waals surface area contributed by atoms with Gasteiger partial charge in [-0.3, -0.25) is 10.5 Å². The number of aromatic nitrogens is 2. The first kappa shape index (κ1) is 18.1. The average molecular weight is 366 g/mol. The maximum absolute atomic E-state index is 12.4. The predicted octanol–water partition coefficient (Wildman–Crippen LogP) is 3.39. The van der Waals surface area contributed by atoms with Crippen LogP contribution in [0.5, 0.6) is 0 Å². The number of amides is 1. The minimum absolute atomic E-state index is 0.0220. The van der Waals surface area contributed by atoms with Crippen LogP contribution in [0.3, 0.4) is 0 Å². The quantitative estimate of drug-likeness (QED) is 0.423. The van der Waals surface area contributed by atoms with Gasteiger partial charge in [-0.25, -0.2) is 9.80 Å². The summed E-state index contributed by atoms with van der Waals surface area (Å²) < 4.78 is 5.82. The van der Waals surface area contributed by atoms with Gasteiger partial charge in [0.2, 0.25) is 5.13 Å². The summed E-state index contributed by atoms with van der Waals surface area (Å²) in [6.45, 7) is 2.34. The molecule has 1 atom stereocenters. The molecule has 2 N–H and O–H groups in total. The molecule has 2 aromatic rings. The minimum atomic E-state index is -0.544. The number of carbonyl (C=O) groups is 2. The number of anilines is 1. The standard InChI is InChI=1S/C15H18N4O3S2/c1-11(7-8-20)9-19(18-13-16-17-14(23)24-13)15(21)22-10-12-5-3-2-4-6-12/h2-6,8,11H,7,9-10H2,1H3,(H,16,18)(H,17,23). The van der Waals surface area contributed by atoms with Gasteiger partial charge in [-0.05, 0) is 23.7 Å². The third-order valence-corrected chi connectivity index (χ3v) is 4.08. The van der Waals surface area contributed by atoms with E-state index < -0.39 is 6.09 Å². The normalized spacial score (nSPS) is 11.5. The van der Waals surface area contributed by atoms with Crippen LogP contribution in [0.2, 0.25) is 0 Å². The van der Waals surface area contributed by atoms with Crippen LogP contribution >= 0.6 is 23.6 Å². The molecule has 0 saturated carbocycles. The number of H-pyrrole nitrogens is 1. The van der Waals surface area contributed by atoms with Crippen molar-refractivity contribution in [2.75, 3.05) is 12.0 Å². The monoisotopic (exact) mass is 366 g/mol. The largest absolute Gasteiger partial charge is 0.443 e. The van der Waals surface area contributed by atoms with Crippen LogP contribution < -0.4 is 5.43 Å². The van der Waals surface area contributed by atoms with Crippen LogP contribution in [0.1, 0.15) is 18.9 Å². The van der Waals surface area contributed by atoms with Crippen LogP contribution in [0, 0.1) is 9.87 Å². The molecular formula is C15H18N4O3S2. The first-order valence-corrected chi connectivity index (χ1v) is 8.55. The Morgan fingerprint density at radius 2 is 2.25 bits per heavy atom. The lowest BCUT2D eigenvalue weighted by Crippen LogP contribution is -2.39. The van der Waals surface area contributed by atoms with E-state index >= 15 is 0 Å². The second-order valence-corrected chi connectivity index (χ2v) is 6.85. The van der Waals surface area contributed by atoms with Crippen molar-refractivity contribution in [3.8, 4) is 0 Å². The van der Waals surface area contributed by atoms with E-state index in [1.165, 1.54) is 16.3 Å². The van der Waals surface area contributed by atoms with E-state index in [1.807, 2.05) is 37.3 Å². The molecule has 24 heavy (non-hydrogen) atoms. The van der Waals surface area contributed by atoms with Gasteiger partial charge < -0.3 is 9.53 Å². The molecule has 7 nitrogen and oxygen atoms in total. The Hall–Kier alpha value is -2.26. The van der Waals surface area contributed by atoms with Crippen molar-refractivity contribution < 1.29 is 14.3 Å². The molecule has 2 rings (SSSR count). The summed E-state index contributed by atoms with van der Waals surface area (Å²) in [5, 5.41) is 8.36. The molecule has 1 heterocycles. The van der Waals surface area contributed by atoms with Crippen molar-refractivity contribution in [2.45, 2.75) is 20.0 Å². The number of carbonyl (C=O) groups excluding carboxylic acids is 2. The smallest absolute Gasteiger partial charge is 0.429 e. The van der Waals surface area contributed by atoms with Crippen molar-refractivity contribution in [1.82, 2.24) is 15.2 Å². The fourth-order valence-corrected chi connectivity index (χ4v) is 2.70. The predicted molar refractivity (Wildman–Crippen MR) is 94.1 cm³/mol. The number of nitrogens with zero attached hydrogens (tertiary/aromatic N) is 2. The first-order chi connectivity index (χ1) is 11.6. The summed E-state index contributed by atoms with van der Waals surface area (Å²) >= 11 is 6.18. The van der Waals surface area contributed by atoms with Gasteiger partial charge in [0.25, 0.3) is 0 Å². The van der Waals surface area contributed by atoms with Crippen LogP contribution in [0.15, 0.2) is 30.3 Å². The highest BCUT2D eigenvalue weighted by molar-refractivity contribution is 7.73. The Bertz CT molecular complexity index is 717. The number of hydrogen-bond donors (Lipinski definition) is 2. The highest BCUT2D eigenvalue weighted by Gasteiger charge is 2.19. The fourth-order valence-electron chi connectivity index (χ4n) is 1.91. The van der Waals surface area contributed by atoms with Crippen LogP contribution in [0.25, 0.3) is 0 Å². The Labute approximate surface area is 148 Å². The molecule has 128 valence electrons. The average Bonchev–Trinajstić information content (AvgIpc) is 2.98. The summed E-state index contributed by atoms with van der Waals surface area (Å²) in [6.07, 6.45) is 0.634. The number of aldehydes is 1. The lowest BCUT2D eigenvalue weighted by Gasteiger charge is -2.24. The van der Waals surface area contributed by atoms with Crippen molar-refractivity contribution in [1.29, 1.82) is 0 Å². The Kier molecular flexibility index (Phi) is 6.89. The lowest BCUT2D eigenvalue weighted by molar-refractivity contribution is -0.108. The molecule has 0 bridgehead atoms. The van der Waals surface area contributed by atoms with Gasteiger partial charge in [0.1, 0.15) is 12.9 Å². The number of hydrazine groups is 1. The van der Waals surface area contributed by atoms with Gasteiger partial charge in [0, 0.05) is 13.0 Å². The van der Waals surface area contributed by atoms with E-state index in [0.717, 1.165) is 11.8 Å². The number of aromatic amines is 1. The van der Waals surface area contributed by atoms with Crippen molar-refractivity contribution >= 4 is 41.1 Å². The van der Waals surface area contributed by atoms with Gasteiger partial charge in [-0.1, -0.05) is 48.6 Å². The molecule has 0 aliphatic carbocycles. The molecule has 0 radical (unpaired) electrons. The SMILES string of the molecule is CC(CC=O)CN(Nc1n[nH]c(=S)s1)C(=O)OCc1ccccc1. The second kappa shape index (κ2) is 9.14. The maximum atomic E-state index is 12.4. The van der Waals surface area contributed by atoms with Gasteiger partial charge in [0.15, 0.2) is 3.95 Å². The van der Waals surface area contributed by atoms with Crippen LogP contribution in [0.4, 0.5) is 9.93 Å². The highest BCUT2D eigenvalue weighted by Crippen LogP contribution is 2.15. The number of benzene rings is 1. The Morgan fingerprint density at radius 1 is 1.50 bits per heavy atom. The lowest BCUT2D eigenvalue weighted by atomic mass is 10.1. The van der Waals surface area contributed by atoms with E-state index in [4.69, 9.17) is 17.0 Å². The van der Waals surface area contributed by atoms with E-state index in [9.17, 15) is 9.59 Å². The van der Waals surface area contributed by atoms with Gasteiger partial charge >= 0.3 is 6.09 Å². The summed E-state index contributed by atoms with van der Waals surface area (Å²) in [5.74, 6) is -0.0220. The molecule has 0 aliphatic heterocycles. The van der Waals surface area contributed by atoms with E-state index in [-0.39, 0.29) is 12.5 Å². The maximum Gasteiger partial charge on any atom is 0.429 e. The molecule has 1 amide bonds. The van der Waals surface area contributed by atoms with Gasteiger partial charge in [0.05, 0.1) is 0 Å². The Morgan fingerprint density at radius 3 is 2.88 bits per heavy atom. The summed E-state index contributed by atoms with van der Waals surface area (Å²) in [5.41, 5.74) is 3.77. The Balaban J connectivity index is 2.00. The minimum Gasteiger partial charge on any atom is -0.443 e. The molecular weight excluding hydrogens is 348 g/mol. The molecule has 1 aromatic heterocycles. The topological polar surface area (TPSA) is 87.3 Å². The molecule has 0 saturated heterocycles. The number of hydrogen-bond acceptors (Lipinski definition) is 7. The molecule has 0 spiro atoms. The van der Waals surface area contributed by atoms with Gasteiger partial charge in [-0.2, -0.15) is 0 Å². The zero-order chi connectivity index (χ0) is 17.4. The van der Waals surface area contributed by atoms with E-state index in [0.29, 0.717) is 22.1 Å². The van der Waals surface area contributed by atoms with E-state index in [1.54, 1.807) is 0 Å².